The van der Waals surface area contributed by atoms with Gasteiger partial charge in [-0.2, -0.15) is 4.99 Å². The fourth-order valence-electron chi connectivity index (χ4n) is 3.08. The molecule has 7 nitrogen and oxygen atoms in total. The van der Waals surface area contributed by atoms with Gasteiger partial charge in [-0.25, -0.2) is 4.79 Å². The molecule has 9 heteroatoms. The van der Waals surface area contributed by atoms with Crippen LogP contribution in [0.15, 0.2) is 56.8 Å². The second kappa shape index (κ2) is 9.67. The number of carbonyl (C=O) groups excluding carboxylic acids is 2. The van der Waals surface area contributed by atoms with Gasteiger partial charge in [-0.1, -0.05) is 18.2 Å². The lowest BCUT2D eigenvalue weighted by Gasteiger charge is -2.27. The number of amides is 1. The van der Waals surface area contributed by atoms with Crippen molar-refractivity contribution < 1.29 is 23.8 Å². The Hall–Kier alpha value is -2.62. The molecule has 2 heterocycles. The van der Waals surface area contributed by atoms with E-state index in [4.69, 9.17) is 14.2 Å². The summed E-state index contributed by atoms with van der Waals surface area (Å²) in [6.07, 6.45) is 1.76. The molecule has 0 unspecified atom stereocenters. The lowest BCUT2D eigenvalue weighted by molar-refractivity contribution is -0.113. The average molecular weight is 503 g/mol. The average Bonchev–Trinajstić information content (AvgIpc) is 3.15. The van der Waals surface area contributed by atoms with Crippen molar-refractivity contribution in [2.24, 2.45) is 4.99 Å². The summed E-state index contributed by atoms with van der Waals surface area (Å²) in [5.41, 5.74) is 1.16. The van der Waals surface area contributed by atoms with E-state index < -0.39 is 5.97 Å². The van der Waals surface area contributed by atoms with Crippen LogP contribution >= 0.6 is 27.7 Å². The molecule has 0 bridgehead atoms. The van der Waals surface area contributed by atoms with Gasteiger partial charge in [-0.05, 0) is 63.6 Å². The van der Waals surface area contributed by atoms with Gasteiger partial charge >= 0.3 is 5.97 Å². The fraction of sp³-hybridized carbons (Fsp3) is 0.227. The highest BCUT2D eigenvalue weighted by Crippen LogP contribution is 2.34. The van der Waals surface area contributed by atoms with Crippen molar-refractivity contribution in [2.45, 2.75) is 0 Å². The molecular formula is C22H19BrN2O5S. The summed E-state index contributed by atoms with van der Waals surface area (Å²) >= 11 is 4.70. The number of thioether (sulfide) groups is 1. The highest BCUT2D eigenvalue weighted by atomic mass is 79.9. The number of ether oxygens (including phenoxy) is 3. The van der Waals surface area contributed by atoms with Gasteiger partial charge in [0.15, 0.2) is 16.7 Å². The fourth-order valence-corrected chi connectivity index (χ4v) is 4.49. The molecule has 2 aromatic rings. The van der Waals surface area contributed by atoms with Gasteiger partial charge in [0, 0.05) is 17.6 Å². The van der Waals surface area contributed by atoms with E-state index in [2.05, 4.69) is 25.8 Å². The maximum atomic E-state index is 12.5. The molecule has 4 rings (SSSR count). The van der Waals surface area contributed by atoms with Crippen LogP contribution in [0, 0.1) is 0 Å². The van der Waals surface area contributed by atoms with Crippen LogP contribution in [0.2, 0.25) is 0 Å². The molecule has 1 saturated heterocycles. The Morgan fingerprint density at radius 3 is 2.71 bits per heavy atom. The van der Waals surface area contributed by atoms with Gasteiger partial charge in [0.25, 0.3) is 5.91 Å². The number of morpholine rings is 1. The zero-order chi connectivity index (χ0) is 21.8. The predicted molar refractivity (Wildman–Crippen MR) is 122 cm³/mol. The second-order valence-corrected chi connectivity index (χ2v) is 8.55. The molecule has 0 atom stereocenters. The van der Waals surface area contributed by atoms with Crippen LogP contribution in [0.4, 0.5) is 0 Å². The number of aliphatic imine (C=N–C) groups is 1. The predicted octanol–water partition coefficient (Wildman–Crippen LogP) is 3.98. The van der Waals surface area contributed by atoms with Crippen LogP contribution in [0.1, 0.15) is 15.9 Å². The Morgan fingerprint density at radius 1 is 1.19 bits per heavy atom. The minimum absolute atomic E-state index is 0.269. The van der Waals surface area contributed by atoms with E-state index in [-0.39, 0.29) is 5.91 Å². The van der Waals surface area contributed by atoms with E-state index >= 15 is 0 Å². The third-order valence-corrected chi connectivity index (χ3v) is 6.41. The van der Waals surface area contributed by atoms with E-state index in [0.29, 0.717) is 44.8 Å². The topological polar surface area (TPSA) is 77.4 Å². The maximum absolute atomic E-state index is 12.5. The van der Waals surface area contributed by atoms with Gasteiger partial charge in [0.05, 0.1) is 30.8 Å². The lowest BCUT2D eigenvalue weighted by Crippen LogP contribution is -2.38. The Kier molecular flexibility index (Phi) is 6.74. The van der Waals surface area contributed by atoms with Crippen LogP contribution in [0.25, 0.3) is 6.08 Å². The van der Waals surface area contributed by atoms with Crippen molar-refractivity contribution in [1.82, 2.24) is 4.90 Å². The van der Waals surface area contributed by atoms with Crippen molar-refractivity contribution in [3.05, 3.63) is 63.0 Å². The third kappa shape index (κ3) is 5.00. The van der Waals surface area contributed by atoms with Crippen LogP contribution in [-0.4, -0.2) is 55.4 Å². The van der Waals surface area contributed by atoms with E-state index in [1.165, 1.54) is 18.9 Å². The molecule has 1 amide bonds. The molecule has 2 aliphatic rings. The van der Waals surface area contributed by atoms with Gasteiger partial charge in [0.2, 0.25) is 0 Å². The normalized spacial score (nSPS) is 17.6. The number of hydrogen-bond donors (Lipinski definition) is 0. The molecule has 2 aliphatic heterocycles. The molecule has 160 valence electrons. The third-order valence-electron chi connectivity index (χ3n) is 4.67. The Bertz CT molecular complexity index is 1080. The zero-order valence-corrected chi connectivity index (χ0v) is 19.1. The molecule has 0 spiro atoms. The van der Waals surface area contributed by atoms with Crippen LogP contribution in [0.5, 0.6) is 11.5 Å². The van der Waals surface area contributed by atoms with Crippen LogP contribution < -0.4 is 9.47 Å². The number of methoxy groups -OCH3 is 1. The molecule has 0 radical (unpaired) electrons. The molecule has 1 fully saturated rings. The van der Waals surface area contributed by atoms with Crippen molar-refractivity contribution in [1.29, 1.82) is 0 Å². The first kappa shape index (κ1) is 21.6. The van der Waals surface area contributed by atoms with Crippen molar-refractivity contribution in [3.63, 3.8) is 0 Å². The number of nitrogens with zero attached hydrogens (tertiary/aromatic N) is 2. The molecule has 0 N–H and O–H groups in total. The SMILES string of the molecule is COc1cc(/C=C2\SC(N3CCOCC3)=NC2=O)ccc1OC(=O)c1ccccc1Br. The van der Waals surface area contributed by atoms with Crippen LogP contribution in [-0.2, 0) is 9.53 Å². The first-order chi connectivity index (χ1) is 15.0. The summed E-state index contributed by atoms with van der Waals surface area (Å²) in [7, 11) is 1.50. The minimum Gasteiger partial charge on any atom is -0.493 e. The highest BCUT2D eigenvalue weighted by Gasteiger charge is 2.27. The van der Waals surface area contributed by atoms with E-state index in [0.717, 1.165) is 18.7 Å². The second-order valence-electron chi connectivity index (χ2n) is 6.69. The van der Waals surface area contributed by atoms with Gasteiger partial charge in [-0.3, -0.25) is 4.79 Å². The molecule has 0 saturated carbocycles. The van der Waals surface area contributed by atoms with Crippen molar-refractivity contribution >= 4 is 50.8 Å². The molecule has 31 heavy (non-hydrogen) atoms. The minimum atomic E-state index is -0.498. The quantitative estimate of drug-likeness (QED) is 0.355. The zero-order valence-electron chi connectivity index (χ0n) is 16.7. The molecular weight excluding hydrogens is 484 g/mol. The van der Waals surface area contributed by atoms with Crippen LogP contribution in [0.3, 0.4) is 0 Å². The number of carbonyl (C=O) groups is 2. The number of amidine groups is 1. The Balaban J connectivity index is 1.50. The lowest BCUT2D eigenvalue weighted by atomic mass is 10.2. The van der Waals surface area contributed by atoms with Gasteiger partial charge in [0.1, 0.15) is 0 Å². The smallest absolute Gasteiger partial charge is 0.344 e. The molecule has 0 aromatic heterocycles. The van der Waals surface area contributed by atoms with Crippen molar-refractivity contribution in [2.75, 3.05) is 33.4 Å². The number of halogens is 1. The first-order valence-corrected chi connectivity index (χ1v) is 11.2. The Labute approximate surface area is 192 Å². The Morgan fingerprint density at radius 2 is 1.97 bits per heavy atom. The van der Waals surface area contributed by atoms with E-state index in [1.54, 1.807) is 42.5 Å². The summed E-state index contributed by atoms with van der Waals surface area (Å²) in [5, 5.41) is 0.700. The van der Waals surface area contributed by atoms with E-state index in [9.17, 15) is 9.59 Å². The summed E-state index contributed by atoms with van der Waals surface area (Å²) in [6, 6.07) is 12.2. The number of rotatable bonds is 4. The number of esters is 1. The van der Waals surface area contributed by atoms with Gasteiger partial charge in [-0.15, -0.1) is 0 Å². The number of hydrogen-bond acceptors (Lipinski definition) is 7. The molecule has 0 aliphatic carbocycles. The standard InChI is InChI=1S/C22H19BrN2O5S/c1-28-18-12-14(6-7-17(18)30-21(27)15-4-2-3-5-16(15)23)13-19-20(26)24-22(31-19)25-8-10-29-11-9-25/h2-7,12-13H,8-11H2,1H3/b19-13-. The first-order valence-electron chi connectivity index (χ1n) is 9.55. The summed E-state index contributed by atoms with van der Waals surface area (Å²) < 4.78 is 16.9. The number of benzene rings is 2. The summed E-state index contributed by atoms with van der Waals surface area (Å²) in [6.45, 7) is 2.70. The summed E-state index contributed by atoms with van der Waals surface area (Å²) in [4.78, 5) is 31.6. The largest absolute Gasteiger partial charge is 0.493 e. The van der Waals surface area contributed by atoms with Crippen molar-refractivity contribution in [3.8, 4) is 11.5 Å². The summed E-state index contributed by atoms with van der Waals surface area (Å²) in [5.74, 6) is -0.0857. The highest BCUT2D eigenvalue weighted by molar-refractivity contribution is 9.10. The monoisotopic (exact) mass is 502 g/mol. The maximum Gasteiger partial charge on any atom is 0.344 e. The van der Waals surface area contributed by atoms with E-state index in [1.807, 2.05) is 6.07 Å². The molecule has 2 aromatic carbocycles. The van der Waals surface area contributed by atoms with Gasteiger partial charge < -0.3 is 19.1 Å².